The number of benzene rings is 2. The van der Waals surface area contributed by atoms with Crippen LogP contribution in [0.2, 0.25) is 5.02 Å². The number of amides is 1. The van der Waals surface area contributed by atoms with Crippen molar-refractivity contribution in [1.29, 1.82) is 0 Å². The number of ether oxygens (including phenoxy) is 3. The maximum atomic E-state index is 12.6. The number of carbonyl (C=O) groups excluding carboxylic acids is 1. The predicted molar refractivity (Wildman–Crippen MR) is 124 cm³/mol. The average molecular weight is 467 g/mol. The molecule has 0 N–H and O–H groups in total. The quantitative estimate of drug-likeness (QED) is 0.569. The molecule has 0 aliphatic carbocycles. The van der Waals surface area contributed by atoms with Crippen LogP contribution in [0, 0.1) is 6.92 Å². The highest BCUT2D eigenvalue weighted by Crippen LogP contribution is 2.35. The van der Waals surface area contributed by atoms with Crippen molar-refractivity contribution in [2.75, 3.05) is 44.5 Å². The summed E-state index contributed by atoms with van der Waals surface area (Å²) in [5.74, 6) is 2.85. The third-order valence-electron chi connectivity index (χ3n) is 5.77. The number of rotatable bonds is 5. The first kappa shape index (κ1) is 21.3. The first-order valence-corrected chi connectivity index (χ1v) is 11.1. The molecule has 2 aromatic carbocycles. The molecule has 1 saturated heterocycles. The van der Waals surface area contributed by atoms with E-state index in [1.807, 2.05) is 48.2 Å². The van der Waals surface area contributed by atoms with Crippen LogP contribution in [0.25, 0.3) is 11.3 Å². The molecule has 0 saturated carbocycles. The summed E-state index contributed by atoms with van der Waals surface area (Å²) in [7, 11) is 0. The van der Waals surface area contributed by atoms with Gasteiger partial charge in [-0.3, -0.25) is 4.79 Å². The summed E-state index contributed by atoms with van der Waals surface area (Å²) in [6.07, 6.45) is 0. The summed E-state index contributed by atoms with van der Waals surface area (Å²) in [4.78, 5) is 16.5. The van der Waals surface area contributed by atoms with Crippen molar-refractivity contribution in [2.45, 2.75) is 6.92 Å². The minimum Gasteiger partial charge on any atom is -0.484 e. The van der Waals surface area contributed by atoms with E-state index in [1.54, 1.807) is 12.1 Å². The van der Waals surface area contributed by atoms with Gasteiger partial charge < -0.3 is 24.0 Å². The van der Waals surface area contributed by atoms with E-state index in [0.29, 0.717) is 42.7 Å². The Bertz CT molecular complexity index is 1160. The van der Waals surface area contributed by atoms with E-state index in [0.717, 1.165) is 28.4 Å². The monoisotopic (exact) mass is 466 g/mol. The number of nitrogens with zero attached hydrogens (tertiary/aromatic N) is 4. The second kappa shape index (κ2) is 9.15. The van der Waals surface area contributed by atoms with Crippen LogP contribution in [0.15, 0.2) is 48.5 Å². The molecule has 1 amide bonds. The lowest BCUT2D eigenvalue weighted by Crippen LogP contribution is -2.50. The largest absolute Gasteiger partial charge is 0.484 e. The molecule has 9 heteroatoms. The normalized spacial score (nSPS) is 15.0. The van der Waals surface area contributed by atoms with Crippen LogP contribution in [0.4, 0.5) is 5.82 Å². The van der Waals surface area contributed by atoms with Crippen molar-refractivity contribution in [1.82, 2.24) is 15.1 Å². The molecule has 0 radical (unpaired) electrons. The SMILES string of the molecule is Cc1cc(OCC(=O)N2CCN(c3ccc(-c4ccc5c(c4)OCO5)nn3)CC2)ccc1Cl. The van der Waals surface area contributed by atoms with Gasteiger partial charge in [-0.05, 0) is 61.0 Å². The smallest absolute Gasteiger partial charge is 0.260 e. The van der Waals surface area contributed by atoms with Crippen molar-refractivity contribution in [3.63, 3.8) is 0 Å². The lowest BCUT2D eigenvalue weighted by molar-refractivity contribution is -0.133. The molecule has 2 aliphatic heterocycles. The molecule has 170 valence electrons. The second-order valence-electron chi connectivity index (χ2n) is 7.91. The number of hydrogen-bond acceptors (Lipinski definition) is 7. The first-order valence-electron chi connectivity index (χ1n) is 10.7. The van der Waals surface area contributed by atoms with E-state index in [9.17, 15) is 4.79 Å². The Hall–Kier alpha value is -3.52. The maximum Gasteiger partial charge on any atom is 0.260 e. The van der Waals surface area contributed by atoms with E-state index < -0.39 is 0 Å². The molecule has 0 bridgehead atoms. The molecule has 2 aliphatic rings. The summed E-state index contributed by atoms with van der Waals surface area (Å²) < 4.78 is 16.4. The number of carbonyl (C=O) groups is 1. The van der Waals surface area contributed by atoms with Gasteiger partial charge in [-0.2, -0.15) is 0 Å². The zero-order valence-corrected chi connectivity index (χ0v) is 18.9. The highest BCUT2D eigenvalue weighted by Gasteiger charge is 2.23. The van der Waals surface area contributed by atoms with Gasteiger partial charge in [-0.25, -0.2) is 0 Å². The Morgan fingerprint density at radius 2 is 1.82 bits per heavy atom. The topological polar surface area (TPSA) is 77.0 Å². The lowest BCUT2D eigenvalue weighted by atomic mass is 10.1. The molecule has 0 spiro atoms. The van der Waals surface area contributed by atoms with Crippen LogP contribution < -0.4 is 19.1 Å². The van der Waals surface area contributed by atoms with E-state index in [2.05, 4.69) is 15.1 Å². The van der Waals surface area contributed by atoms with Crippen LogP contribution in [-0.2, 0) is 4.79 Å². The van der Waals surface area contributed by atoms with Crippen LogP contribution in [-0.4, -0.2) is 60.6 Å². The fourth-order valence-corrected chi connectivity index (χ4v) is 3.95. The molecular weight excluding hydrogens is 444 g/mol. The Morgan fingerprint density at radius 1 is 1.00 bits per heavy atom. The Kier molecular flexibility index (Phi) is 5.92. The van der Waals surface area contributed by atoms with Crippen molar-refractivity contribution >= 4 is 23.3 Å². The Morgan fingerprint density at radius 3 is 2.58 bits per heavy atom. The molecule has 0 atom stereocenters. The van der Waals surface area contributed by atoms with Gasteiger partial charge in [0, 0.05) is 36.8 Å². The Balaban J connectivity index is 1.14. The summed E-state index contributed by atoms with van der Waals surface area (Å²) in [5, 5.41) is 9.46. The Labute approximate surface area is 196 Å². The molecule has 3 aromatic rings. The fraction of sp³-hybridized carbons (Fsp3) is 0.292. The van der Waals surface area contributed by atoms with E-state index in [4.69, 9.17) is 25.8 Å². The van der Waals surface area contributed by atoms with Crippen molar-refractivity contribution in [2.24, 2.45) is 0 Å². The maximum absolute atomic E-state index is 12.6. The van der Waals surface area contributed by atoms with Crippen molar-refractivity contribution in [3.05, 3.63) is 59.1 Å². The molecule has 1 fully saturated rings. The summed E-state index contributed by atoms with van der Waals surface area (Å²) in [6, 6.07) is 15.0. The summed E-state index contributed by atoms with van der Waals surface area (Å²) in [6.45, 7) is 4.73. The third-order valence-corrected chi connectivity index (χ3v) is 6.19. The lowest BCUT2D eigenvalue weighted by Gasteiger charge is -2.35. The van der Waals surface area contributed by atoms with E-state index in [-0.39, 0.29) is 19.3 Å². The third kappa shape index (κ3) is 4.66. The molecule has 3 heterocycles. The van der Waals surface area contributed by atoms with Gasteiger partial charge in [0.15, 0.2) is 23.9 Å². The standard InChI is InChI=1S/C24H23ClN4O4/c1-16-12-18(3-4-19(16)25)31-14-24(30)29-10-8-28(9-11-29)23-7-5-20(26-27-23)17-2-6-21-22(13-17)33-15-32-21/h2-7,12-13H,8-11,14-15H2,1H3. The van der Waals surface area contributed by atoms with Gasteiger partial charge >= 0.3 is 0 Å². The van der Waals surface area contributed by atoms with E-state index in [1.165, 1.54) is 0 Å². The molecule has 5 rings (SSSR count). The number of piperazine rings is 1. The minimum atomic E-state index is -0.0357. The highest BCUT2D eigenvalue weighted by atomic mass is 35.5. The van der Waals surface area contributed by atoms with Crippen molar-refractivity contribution < 1.29 is 19.0 Å². The van der Waals surface area contributed by atoms with E-state index >= 15 is 0 Å². The molecule has 33 heavy (non-hydrogen) atoms. The number of aromatic nitrogens is 2. The average Bonchev–Trinajstić information content (AvgIpc) is 3.33. The van der Waals surface area contributed by atoms with Gasteiger partial charge in [0.05, 0.1) is 5.69 Å². The van der Waals surface area contributed by atoms with Gasteiger partial charge in [-0.1, -0.05) is 11.6 Å². The number of aryl methyl sites for hydroxylation is 1. The van der Waals surface area contributed by atoms with Gasteiger partial charge in [0.2, 0.25) is 6.79 Å². The zero-order chi connectivity index (χ0) is 22.8. The van der Waals surface area contributed by atoms with Gasteiger partial charge in [-0.15, -0.1) is 10.2 Å². The van der Waals surface area contributed by atoms with Gasteiger partial charge in [0.1, 0.15) is 5.75 Å². The first-order chi connectivity index (χ1) is 16.1. The van der Waals surface area contributed by atoms with Gasteiger partial charge in [0.25, 0.3) is 5.91 Å². The number of hydrogen-bond donors (Lipinski definition) is 0. The molecular formula is C24H23ClN4O4. The van der Waals surface area contributed by atoms with Crippen LogP contribution >= 0.6 is 11.6 Å². The number of anilines is 1. The van der Waals surface area contributed by atoms with Crippen LogP contribution in [0.5, 0.6) is 17.2 Å². The highest BCUT2D eigenvalue weighted by molar-refractivity contribution is 6.31. The number of halogens is 1. The van der Waals surface area contributed by atoms with Crippen LogP contribution in [0.1, 0.15) is 5.56 Å². The minimum absolute atomic E-state index is 0.00507. The zero-order valence-electron chi connectivity index (χ0n) is 18.2. The number of fused-ring (bicyclic) bond motifs is 1. The summed E-state index contributed by atoms with van der Waals surface area (Å²) in [5.41, 5.74) is 2.60. The van der Waals surface area contributed by atoms with Crippen LogP contribution in [0.3, 0.4) is 0 Å². The predicted octanol–water partition coefficient (Wildman–Crippen LogP) is 3.56. The molecule has 8 nitrogen and oxygen atoms in total. The van der Waals surface area contributed by atoms with Crippen molar-refractivity contribution in [3.8, 4) is 28.5 Å². The molecule has 1 aromatic heterocycles. The molecule has 0 unspecified atom stereocenters. The second-order valence-corrected chi connectivity index (χ2v) is 8.32. The summed E-state index contributed by atoms with van der Waals surface area (Å²) >= 11 is 6.03. The fourth-order valence-electron chi connectivity index (χ4n) is 3.83.